The number of rotatable bonds is 8. The lowest BCUT2D eigenvalue weighted by Crippen LogP contribution is -2.40. The molecule has 2 aromatic rings. The molecular formula is C21H30N4O4. The van der Waals surface area contributed by atoms with Gasteiger partial charge < -0.3 is 15.4 Å². The molecule has 0 saturated carbocycles. The molecule has 1 aromatic heterocycles. The monoisotopic (exact) mass is 402 g/mol. The largest absolute Gasteiger partial charge is 0.484 e. The molecule has 0 saturated heterocycles. The van der Waals surface area contributed by atoms with Crippen molar-refractivity contribution in [2.75, 3.05) is 24.3 Å². The Morgan fingerprint density at radius 1 is 1.31 bits per heavy atom. The van der Waals surface area contributed by atoms with Gasteiger partial charge in [-0.25, -0.2) is 4.79 Å². The molecule has 1 aromatic carbocycles. The number of likely N-dealkylation sites (N-methyl/N-ethyl adjacent to an activating group) is 1. The Bertz CT molecular complexity index is 991. The number of unbranched alkanes of at least 4 members (excludes halogenated alkanes) is 1. The van der Waals surface area contributed by atoms with Crippen LogP contribution in [-0.4, -0.2) is 29.1 Å². The Balaban J connectivity index is 2.19. The smallest absolute Gasteiger partial charge is 0.330 e. The van der Waals surface area contributed by atoms with Crippen LogP contribution in [0, 0.1) is 6.92 Å². The summed E-state index contributed by atoms with van der Waals surface area (Å²) < 4.78 is 6.89. The lowest BCUT2D eigenvalue weighted by atomic mass is 9.98. The standard InChI is InChI=1S/C21H30N4O4/c1-6-7-10-25-19(22)18(20(27)23-21(25)28)24(5)17(26)12-29-15-8-9-16(13(2)3)14(4)11-15/h8-9,11,13H,6-7,10,12,22H2,1-5H3,(H,23,27,28). The van der Waals surface area contributed by atoms with E-state index < -0.39 is 17.2 Å². The summed E-state index contributed by atoms with van der Waals surface area (Å²) in [4.78, 5) is 40.3. The van der Waals surface area contributed by atoms with E-state index in [1.54, 1.807) is 0 Å². The highest BCUT2D eigenvalue weighted by molar-refractivity contribution is 5.96. The van der Waals surface area contributed by atoms with Crippen LogP contribution in [0.1, 0.15) is 50.7 Å². The third kappa shape index (κ3) is 5.07. The Morgan fingerprint density at radius 2 is 2.00 bits per heavy atom. The number of anilines is 2. The number of nitrogens with one attached hydrogen (secondary N) is 1. The number of aryl methyl sites for hydroxylation is 1. The van der Waals surface area contributed by atoms with Crippen molar-refractivity contribution in [3.8, 4) is 5.75 Å². The van der Waals surface area contributed by atoms with Crippen LogP contribution in [0.15, 0.2) is 27.8 Å². The van der Waals surface area contributed by atoms with Crippen molar-refractivity contribution < 1.29 is 9.53 Å². The van der Waals surface area contributed by atoms with Gasteiger partial charge in [0.15, 0.2) is 12.3 Å². The van der Waals surface area contributed by atoms with E-state index in [4.69, 9.17) is 10.5 Å². The van der Waals surface area contributed by atoms with Crippen LogP contribution in [0.5, 0.6) is 5.75 Å². The molecule has 0 atom stereocenters. The van der Waals surface area contributed by atoms with Crippen molar-refractivity contribution in [1.29, 1.82) is 0 Å². The number of aromatic amines is 1. The summed E-state index contributed by atoms with van der Waals surface area (Å²) >= 11 is 0. The second-order valence-electron chi connectivity index (χ2n) is 7.41. The number of nitrogen functional groups attached to an aromatic ring is 1. The number of hydrogen-bond donors (Lipinski definition) is 2. The van der Waals surface area contributed by atoms with Crippen LogP contribution in [0.25, 0.3) is 0 Å². The van der Waals surface area contributed by atoms with Gasteiger partial charge in [0, 0.05) is 13.6 Å². The lowest BCUT2D eigenvalue weighted by molar-refractivity contribution is -0.120. The molecule has 0 aliphatic rings. The number of carbonyl (C=O) groups excluding carboxylic acids is 1. The first-order valence-corrected chi connectivity index (χ1v) is 9.79. The quantitative estimate of drug-likeness (QED) is 0.704. The van der Waals surface area contributed by atoms with Crippen molar-refractivity contribution in [2.24, 2.45) is 0 Å². The van der Waals surface area contributed by atoms with Crippen LogP contribution in [-0.2, 0) is 11.3 Å². The van der Waals surface area contributed by atoms with Crippen molar-refractivity contribution in [3.63, 3.8) is 0 Å². The molecule has 3 N–H and O–H groups in total. The number of aromatic nitrogens is 2. The minimum atomic E-state index is -0.701. The normalized spacial score (nSPS) is 11.0. The van der Waals surface area contributed by atoms with E-state index in [1.165, 1.54) is 17.2 Å². The molecule has 29 heavy (non-hydrogen) atoms. The number of H-pyrrole nitrogens is 1. The first-order valence-electron chi connectivity index (χ1n) is 9.79. The topological polar surface area (TPSA) is 110 Å². The molecule has 8 heteroatoms. The van der Waals surface area contributed by atoms with E-state index in [0.717, 1.165) is 23.3 Å². The summed E-state index contributed by atoms with van der Waals surface area (Å²) in [6, 6.07) is 5.69. The van der Waals surface area contributed by atoms with E-state index in [9.17, 15) is 14.4 Å². The highest BCUT2D eigenvalue weighted by atomic mass is 16.5. The van der Waals surface area contributed by atoms with Gasteiger partial charge in [-0.2, -0.15) is 0 Å². The Hall–Kier alpha value is -3.03. The van der Waals surface area contributed by atoms with Gasteiger partial charge in [0.05, 0.1) is 0 Å². The van der Waals surface area contributed by atoms with E-state index in [0.29, 0.717) is 18.2 Å². The zero-order valence-electron chi connectivity index (χ0n) is 17.7. The van der Waals surface area contributed by atoms with E-state index in [-0.39, 0.29) is 18.1 Å². The van der Waals surface area contributed by atoms with E-state index >= 15 is 0 Å². The third-order valence-electron chi connectivity index (χ3n) is 4.88. The zero-order valence-corrected chi connectivity index (χ0v) is 17.7. The first kappa shape index (κ1) is 22.3. The van der Waals surface area contributed by atoms with Gasteiger partial charge in [0.25, 0.3) is 11.5 Å². The summed E-state index contributed by atoms with van der Waals surface area (Å²) in [6.45, 7) is 8.31. The van der Waals surface area contributed by atoms with Crippen molar-refractivity contribution >= 4 is 17.4 Å². The van der Waals surface area contributed by atoms with Gasteiger partial charge in [0.2, 0.25) is 0 Å². The molecule has 1 amide bonds. The molecule has 0 unspecified atom stereocenters. The highest BCUT2D eigenvalue weighted by Crippen LogP contribution is 2.23. The number of carbonyl (C=O) groups is 1. The zero-order chi connectivity index (χ0) is 21.7. The fourth-order valence-corrected chi connectivity index (χ4v) is 3.19. The average molecular weight is 402 g/mol. The maximum Gasteiger partial charge on any atom is 0.330 e. The van der Waals surface area contributed by atoms with Crippen molar-refractivity contribution in [3.05, 3.63) is 50.2 Å². The molecule has 158 valence electrons. The number of benzene rings is 1. The van der Waals surface area contributed by atoms with Gasteiger partial charge in [0.1, 0.15) is 11.6 Å². The maximum absolute atomic E-state index is 12.6. The molecule has 1 heterocycles. The van der Waals surface area contributed by atoms with Crippen molar-refractivity contribution in [2.45, 2.75) is 53.0 Å². The fraction of sp³-hybridized carbons (Fsp3) is 0.476. The summed E-state index contributed by atoms with van der Waals surface area (Å²) in [6.07, 6.45) is 1.58. The van der Waals surface area contributed by atoms with Gasteiger partial charge in [-0.15, -0.1) is 0 Å². The second kappa shape index (κ2) is 9.45. The predicted octanol–water partition coefficient (Wildman–Crippen LogP) is 2.39. The summed E-state index contributed by atoms with van der Waals surface area (Å²) in [5.41, 5.74) is 7.01. The number of hydrogen-bond acceptors (Lipinski definition) is 5. The SMILES string of the molecule is CCCCn1c(N)c(N(C)C(=O)COc2ccc(C(C)C)c(C)c2)c(=O)[nH]c1=O. The van der Waals surface area contributed by atoms with Crippen LogP contribution < -0.4 is 26.6 Å². The van der Waals surface area contributed by atoms with Crippen LogP contribution in [0.4, 0.5) is 11.5 Å². The molecular weight excluding hydrogens is 372 g/mol. The molecule has 8 nitrogen and oxygen atoms in total. The Kier molecular flexibility index (Phi) is 7.25. The fourth-order valence-electron chi connectivity index (χ4n) is 3.19. The molecule has 0 fully saturated rings. The minimum Gasteiger partial charge on any atom is -0.484 e. The lowest BCUT2D eigenvalue weighted by Gasteiger charge is -2.20. The average Bonchev–Trinajstić information content (AvgIpc) is 2.65. The number of nitrogens with zero attached hydrogens (tertiary/aromatic N) is 2. The maximum atomic E-state index is 12.6. The Morgan fingerprint density at radius 3 is 2.59 bits per heavy atom. The van der Waals surface area contributed by atoms with E-state index in [2.05, 4.69) is 18.8 Å². The molecule has 0 spiro atoms. The Labute approximate surface area is 170 Å². The van der Waals surface area contributed by atoms with Gasteiger partial charge >= 0.3 is 5.69 Å². The molecule has 0 bridgehead atoms. The first-order chi connectivity index (χ1) is 13.7. The predicted molar refractivity (Wildman–Crippen MR) is 115 cm³/mol. The molecule has 2 rings (SSSR count). The number of ether oxygens (including phenoxy) is 1. The second-order valence-corrected chi connectivity index (χ2v) is 7.41. The van der Waals surface area contributed by atoms with Gasteiger partial charge in [-0.3, -0.25) is 19.1 Å². The molecule has 0 aliphatic heterocycles. The summed E-state index contributed by atoms with van der Waals surface area (Å²) in [5, 5.41) is 0. The van der Waals surface area contributed by atoms with Crippen molar-refractivity contribution in [1.82, 2.24) is 9.55 Å². The highest BCUT2D eigenvalue weighted by Gasteiger charge is 2.21. The number of nitrogens with two attached hydrogens (primary N) is 1. The van der Waals surface area contributed by atoms with Crippen LogP contribution in [0.3, 0.4) is 0 Å². The van der Waals surface area contributed by atoms with Crippen LogP contribution >= 0.6 is 0 Å². The van der Waals surface area contributed by atoms with Gasteiger partial charge in [-0.05, 0) is 42.5 Å². The molecule has 0 aliphatic carbocycles. The molecule has 0 radical (unpaired) electrons. The number of amides is 1. The summed E-state index contributed by atoms with van der Waals surface area (Å²) in [7, 11) is 1.44. The van der Waals surface area contributed by atoms with Crippen LogP contribution in [0.2, 0.25) is 0 Å². The van der Waals surface area contributed by atoms with E-state index in [1.807, 2.05) is 32.0 Å². The minimum absolute atomic E-state index is 0.0276. The third-order valence-corrected chi connectivity index (χ3v) is 4.88. The van der Waals surface area contributed by atoms with Gasteiger partial charge in [-0.1, -0.05) is 33.3 Å². The summed E-state index contributed by atoms with van der Waals surface area (Å²) in [5.74, 6) is 0.493.